The van der Waals surface area contributed by atoms with E-state index >= 15 is 0 Å². The van der Waals surface area contributed by atoms with Crippen molar-refractivity contribution in [2.75, 3.05) is 20.2 Å². The van der Waals surface area contributed by atoms with Crippen molar-refractivity contribution in [1.82, 2.24) is 9.88 Å². The molecular weight excluding hydrogens is 324 g/mol. The third kappa shape index (κ3) is 5.28. The highest BCUT2D eigenvalue weighted by Gasteiger charge is 2.17. The van der Waals surface area contributed by atoms with Gasteiger partial charge >= 0.3 is 5.97 Å². The highest BCUT2D eigenvalue weighted by atomic mass is 79.9. The molecular formula is C14H19BrN2O3. The molecule has 1 aromatic rings. The Morgan fingerprint density at radius 3 is 2.70 bits per heavy atom. The minimum atomic E-state index is -0.313. The second-order valence-electron chi connectivity index (χ2n) is 4.36. The van der Waals surface area contributed by atoms with Crippen LogP contribution in [-0.2, 0) is 9.53 Å². The molecule has 1 rings (SSSR count). The maximum atomic E-state index is 12.4. The molecule has 0 spiro atoms. The van der Waals surface area contributed by atoms with Crippen LogP contribution < -0.4 is 0 Å². The summed E-state index contributed by atoms with van der Waals surface area (Å²) in [6.45, 7) is 3.04. The fourth-order valence-corrected chi connectivity index (χ4v) is 2.07. The Bertz CT molecular complexity index is 465. The summed E-state index contributed by atoms with van der Waals surface area (Å²) in [6.07, 6.45) is 5.24. The number of rotatable bonds is 7. The molecule has 1 heterocycles. The monoisotopic (exact) mass is 342 g/mol. The van der Waals surface area contributed by atoms with E-state index in [1.54, 1.807) is 17.2 Å². The lowest BCUT2D eigenvalue weighted by atomic mass is 10.2. The molecule has 0 bridgehead atoms. The molecule has 5 nitrogen and oxygen atoms in total. The summed E-state index contributed by atoms with van der Waals surface area (Å²) in [5, 5.41) is 0. The summed E-state index contributed by atoms with van der Waals surface area (Å²) in [5.41, 5.74) is 0.514. The molecule has 0 atom stereocenters. The van der Waals surface area contributed by atoms with Gasteiger partial charge in [-0.05, 0) is 28.4 Å². The van der Waals surface area contributed by atoms with Crippen LogP contribution in [0.1, 0.15) is 36.5 Å². The van der Waals surface area contributed by atoms with Gasteiger partial charge in [-0.2, -0.15) is 0 Å². The van der Waals surface area contributed by atoms with Gasteiger partial charge in [0, 0.05) is 30.0 Å². The third-order valence-electron chi connectivity index (χ3n) is 2.83. The van der Waals surface area contributed by atoms with Gasteiger partial charge in [-0.1, -0.05) is 13.3 Å². The van der Waals surface area contributed by atoms with E-state index in [0.29, 0.717) is 18.7 Å². The smallest absolute Gasteiger partial charge is 0.307 e. The van der Waals surface area contributed by atoms with Crippen LogP contribution in [0.15, 0.2) is 22.9 Å². The first-order chi connectivity index (χ1) is 9.58. The number of halogens is 1. The largest absolute Gasteiger partial charge is 0.469 e. The highest BCUT2D eigenvalue weighted by molar-refractivity contribution is 9.10. The number of esters is 1. The van der Waals surface area contributed by atoms with Gasteiger partial charge in [0.2, 0.25) is 0 Å². The summed E-state index contributed by atoms with van der Waals surface area (Å²) in [5.74, 6) is -0.428. The maximum absolute atomic E-state index is 12.4. The molecule has 6 heteroatoms. The second kappa shape index (κ2) is 8.68. The first kappa shape index (κ1) is 16.6. The average Bonchev–Trinajstić information content (AvgIpc) is 2.46. The van der Waals surface area contributed by atoms with Gasteiger partial charge in [-0.3, -0.25) is 14.6 Å². The zero-order chi connectivity index (χ0) is 15.0. The molecule has 0 saturated heterocycles. The van der Waals surface area contributed by atoms with Crippen molar-refractivity contribution < 1.29 is 14.3 Å². The van der Waals surface area contributed by atoms with E-state index in [0.717, 1.165) is 17.3 Å². The summed E-state index contributed by atoms with van der Waals surface area (Å²) >= 11 is 3.30. The normalized spacial score (nSPS) is 10.2. The summed E-state index contributed by atoms with van der Waals surface area (Å²) in [4.78, 5) is 29.3. The van der Waals surface area contributed by atoms with Gasteiger partial charge in [0.15, 0.2) is 0 Å². The van der Waals surface area contributed by atoms with Crippen molar-refractivity contribution in [2.24, 2.45) is 0 Å². The Morgan fingerprint density at radius 1 is 1.35 bits per heavy atom. The van der Waals surface area contributed by atoms with Gasteiger partial charge in [0.25, 0.3) is 5.91 Å². The van der Waals surface area contributed by atoms with Crippen LogP contribution in [0.5, 0.6) is 0 Å². The third-order valence-corrected chi connectivity index (χ3v) is 3.27. The Balaban J connectivity index is 2.75. The van der Waals surface area contributed by atoms with Gasteiger partial charge in [0.05, 0.1) is 19.1 Å². The summed E-state index contributed by atoms with van der Waals surface area (Å²) in [7, 11) is 1.35. The number of hydrogen-bond acceptors (Lipinski definition) is 4. The van der Waals surface area contributed by atoms with Gasteiger partial charge in [-0.25, -0.2) is 0 Å². The number of carbonyl (C=O) groups is 2. The minimum absolute atomic E-state index is 0.115. The molecule has 20 heavy (non-hydrogen) atoms. The topological polar surface area (TPSA) is 59.5 Å². The second-order valence-corrected chi connectivity index (χ2v) is 5.28. The van der Waals surface area contributed by atoms with E-state index in [1.807, 2.05) is 0 Å². The van der Waals surface area contributed by atoms with Crippen LogP contribution in [0.25, 0.3) is 0 Å². The number of amides is 1. The first-order valence-electron chi connectivity index (χ1n) is 6.55. The van der Waals surface area contributed by atoms with Crippen molar-refractivity contribution >= 4 is 27.8 Å². The molecule has 0 unspecified atom stereocenters. The number of unbranched alkanes of at least 4 members (excludes halogenated alkanes) is 1. The summed E-state index contributed by atoms with van der Waals surface area (Å²) in [6, 6.07) is 1.73. The van der Waals surface area contributed by atoms with Crippen LogP contribution in [0.4, 0.5) is 0 Å². The van der Waals surface area contributed by atoms with E-state index < -0.39 is 0 Å². The fourth-order valence-electron chi connectivity index (χ4n) is 1.70. The lowest BCUT2D eigenvalue weighted by molar-refractivity contribution is -0.140. The van der Waals surface area contributed by atoms with Crippen LogP contribution in [0.2, 0.25) is 0 Å². The molecule has 1 aromatic heterocycles. The number of carbonyl (C=O) groups excluding carboxylic acids is 2. The van der Waals surface area contributed by atoms with E-state index in [1.165, 1.54) is 13.3 Å². The van der Waals surface area contributed by atoms with Crippen molar-refractivity contribution in [3.05, 3.63) is 28.5 Å². The van der Waals surface area contributed by atoms with Gasteiger partial charge in [-0.15, -0.1) is 0 Å². The highest BCUT2D eigenvalue weighted by Crippen LogP contribution is 2.12. The van der Waals surface area contributed by atoms with Crippen LogP contribution in [0, 0.1) is 0 Å². The Hall–Kier alpha value is -1.43. The van der Waals surface area contributed by atoms with Gasteiger partial charge in [0.1, 0.15) is 0 Å². The number of hydrogen-bond donors (Lipinski definition) is 0. The molecule has 0 N–H and O–H groups in total. The average molecular weight is 343 g/mol. The number of nitrogens with zero attached hydrogens (tertiary/aromatic N) is 2. The molecule has 0 fully saturated rings. The van der Waals surface area contributed by atoms with Gasteiger partial charge < -0.3 is 9.64 Å². The van der Waals surface area contributed by atoms with Crippen LogP contribution in [0.3, 0.4) is 0 Å². The number of pyridine rings is 1. The Morgan fingerprint density at radius 2 is 2.10 bits per heavy atom. The molecule has 0 aliphatic carbocycles. The fraction of sp³-hybridized carbons (Fsp3) is 0.500. The quantitative estimate of drug-likeness (QED) is 0.714. The Labute approximate surface area is 127 Å². The molecule has 0 radical (unpaired) electrons. The van der Waals surface area contributed by atoms with E-state index in [9.17, 15) is 9.59 Å². The molecule has 0 aliphatic heterocycles. The van der Waals surface area contributed by atoms with Crippen LogP contribution >= 0.6 is 15.9 Å². The molecule has 0 aromatic carbocycles. The lowest BCUT2D eigenvalue weighted by Gasteiger charge is -2.22. The molecule has 1 amide bonds. The Kier molecular flexibility index (Phi) is 7.22. The predicted molar refractivity (Wildman–Crippen MR) is 79.4 cm³/mol. The van der Waals surface area contributed by atoms with E-state index in [2.05, 4.69) is 32.6 Å². The molecule has 110 valence electrons. The van der Waals surface area contributed by atoms with Crippen molar-refractivity contribution in [1.29, 1.82) is 0 Å². The predicted octanol–water partition coefficient (Wildman–Crippen LogP) is 2.65. The maximum Gasteiger partial charge on any atom is 0.307 e. The number of methoxy groups -OCH3 is 1. The molecule has 0 saturated carbocycles. The standard InChI is InChI=1S/C14H19BrN2O3/c1-3-4-6-17(7-5-13(18)20-2)14(19)11-8-12(15)10-16-9-11/h8-10H,3-7H2,1-2H3. The van der Waals surface area contributed by atoms with E-state index in [-0.39, 0.29) is 18.3 Å². The van der Waals surface area contributed by atoms with Crippen molar-refractivity contribution in [3.8, 4) is 0 Å². The van der Waals surface area contributed by atoms with Crippen LogP contribution in [-0.4, -0.2) is 42.0 Å². The lowest BCUT2D eigenvalue weighted by Crippen LogP contribution is -2.34. The zero-order valence-electron chi connectivity index (χ0n) is 11.8. The zero-order valence-corrected chi connectivity index (χ0v) is 13.4. The minimum Gasteiger partial charge on any atom is -0.469 e. The molecule has 0 aliphatic rings. The number of aromatic nitrogens is 1. The first-order valence-corrected chi connectivity index (χ1v) is 7.34. The van der Waals surface area contributed by atoms with Crippen molar-refractivity contribution in [2.45, 2.75) is 26.2 Å². The number of ether oxygens (including phenoxy) is 1. The van der Waals surface area contributed by atoms with E-state index in [4.69, 9.17) is 0 Å². The van der Waals surface area contributed by atoms with Crippen molar-refractivity contribution in [3.63, 3.8) is 0 Å². The summed E-state index contributed by atoms with van der Waals surface area (Å²) < 4.78 is 5.37. The SMILES string of the molecule is CCCCN(CCC(=O)OC)C(=O)c1cncc(Br)c1.